The number of para-hydroxylation sites is 3. The van der Waals surface area contributed by atoms with Crippen molar-refractivity contribution in [2.24, 2.45) is 0 Å². The zero-order valence-electron chi connectivity index (χ0n) is 33.5. The molecule has 4 aromatic heterocycles. The maximum absolute atomic E-state index is 6.32. The Kier molecular flexibility index (Phi) is 8.42. The Balaban J connectivity index is 1.00. The lowest BCUT2D eigenvalue weighted by molar-refractivity contribution is 0.668. The normalized spacial score (nSPS) is 11.5. The predicted octanol–water partition coefficient (Wildman–Crippen LogP) is 14.9. The van der Waals surface area contributed by atoms with Gasteiger partial charge in [0, 0.05) is 50.6 Å². The quantitative estimate of drug-likeness (QED) is 0.161. The van der Waals surface area contributed by atoms with Gasteiger partial charge in [0.05, 0.1) is 22.4 Å². The van der Waals surface area contributed by atoms with Gasteiger partial charge in [-0.3, -0.25) is 4.98 Å². The third kappa shape index (κ3) is 6.14. The van der Waals surface area contributed by atoms with Gasteiger partial charge in [0.1, 0.15) is 16.9 Å². The lowest BCUT2D eigenvalue weighted by Crippen LogP contribution is -1.99. The summed E-state index contributed by atoms with van der Waals surface area (Å²) in [5.41, 5.74) is 16.0. The minimum Gasteiger partial charge on any atom is -0.456 e. The molecule has 0 bridgehead atoms. The molecule has 8 aromatic carbocycles. The number of rotatable bonds is 7. The Hall–Kier alpha value is -8.41. The first-order valence-electron chi connectivity index (χ1n) is 20.8. The minimum atomic E-state index is 0.520. The number of furan rings is 1. The van der Waals surface area contributed by atoms with Gasteiger partial charge in [-0.15, -0.1) is 0 Å². The van der Waals surface area contributed by atoms with Gasteiger partial charge in [0.25, 0.3) is 0 Å². The van der Waals surface area contributed by atoms with Crippen LogP contribution in [-0.4, -0.2) is 19.5 Å². The molecule has 0 fully saturated rings. The molecular formula is C57H36N4O. The van der Waals surface area contributed by atoms with Crippen LogP contribution in [0.15, 0.2) is 223 Å². The monoisotopic (exact) mass is 792 g/mol. The molecule has 0 amide bonds. The topological polar surface area (TPSA) is 56.7 Å². The summed E-state index contributed by atoms with van der Waals surface area (Å²) in [5.74, 6) is 0.520. The second-order valence-corrected chi connectivity index (χ2v) is 15.6. The van der Waals surface area contributed by atoms with E-state index in [0.717, 1.165) is 72.4 Å². The molecule has 0 spiro atoms. The number of nitrogens with zero attached hydrogens (tertiary/aromatic N) is 4. The highest BCUT2D eigenvalue weighted by Crippen LogP contribution is 2.38. The van der Waals surface area contributed by atoms with Gasteiger partial charge in [-0.2, -0.15) is 0 Å². The van der Waals surface area contributed by atoms with Crippen molar-refractivity contribution >= 4 is 43.7 Å². The predicted molar refractivity (Wildman–Crippen MR) is 254 cm³/mol. The molecule has 0 unspecified atom stereocenters. The summed E-state index contributed by atoms with van der Waals surface area (Å²) in [5, 5.41) is 4.46. The molecule has 12 rings (SSSR count). The largest absolute Gasteiger partial charge is 0.456 e. The molecule has 5 nitrogen and oxygen atoms in total. The van der Waals surface area contributed by atoms with Crippen LogP contribution >= 0.6 is 0 Å². The molecule has 0 saturated heterocycles. The van der Waals surface area contributed by atoms with Crippen molar-refractivity contribution in [3.05, 3.63) is 219 Å². The molecule has 62 heavy (non-hydrogen) atoms. The van der Waals surface area contributed by atoms with Crippen molar-refractivity contribution in [2.45, 2.75) is 0 Å². The van der Waals surface area contributed by atoms with Crippen molar-refractivity contribution in [1.82, 2.24) is 19.5 Å². The summed E-state index contributed by atoms with van der Waals surface area (Å²) in [6.07, 6.45) is 1.88. The van der Waals surface area contributed by atoms with Crippen LogP contribution in [0, 0.1) is 0 Å². The number of aromatic nitrogens is 4. The maximum atomic E-state index is 6.32. The van der Waals surface area contributed by atoms with Crippen LogP contribution < -0.4 is 0 Å². The first-order valence-corrected chi connectivity index (χ1v) is 20.8. The van der Waals surface area contributed by atoms with E-state index in [9.17, 15) is 0 Å². The smallest absolute Gasteiger partial charge is 0.179 e. The Morgan fingerprint density at radius 2 is 0.919 bits per heavy atom. The lowest BCUT2D eigenvalue weighted by atomic mass is 9.95. The van der Waals surface area contributed by atoms with Crippen molar-refractivity contribution in [3.63, 3.8) is 0 Å². The van der Waals surface area contributed by atoms with Gasteiger partial charge in [0.2, 0.25) is 0 Å². The van der Waals surface area contributed by atoms with Crippen LogP contribution in [0.4, 0.5) is 0 Å². The first kappa shape index (κ1) is 35.5. The number of pyridine rings is 1. The lowest BCUT2D eigenvalue weighted by Gasteiger charge is -2.15. The van der Waals surface area contributed by atoms with Crippen LogP contribution in [0.1, 0.15) is 0 Å². The van der Waals surface area contributed by atoms with Crippen LogP contribution in [-0.2, 0) is 0 Å². The fourth-order valence-corrected chi connectivity index (χ4v) is 8.91. The van der Waals surface area contributed by atoms with Crippen LogP contribution in [0.25, 0.3) is 117 Å². The van der Waals surface area contributed by atoms with E-state index in [0.29, 0.717) is 11.5 Å². The third-order valence-electron chi connectivity index (χ3n) is 11.9. The molecular weight excluding hydrogens is 757 g/mol. The third-order valence-corrected chi connectivity index (χ3v) is 11.9. The van der Waals surface area contributed by atoms with Gasteiger partial charge < -0.3 is 8.98 Å². The highest BCUT2D eigenvalue weighted by Gasteiger charge is 2.18. The molecule has 0 aliphatic carbocycles. The minimum absolute atomic E-state index is 0.520. The molecule has 0 aliphatic rings. The molecule has 0 radical (unpaired) electrons. The molecule has 4 heterocycles. The number of fused-ring (bicyclic) bond motifs is 6. The molecule has 0 atom stereocenters. The van der Waals surface area contributed by atoms with Gasteiger partial charge in [-0.05, 0) is 75.8 Å². The highest BCUT2D eigenvalue weighted by atomic mass is 16.3. The van der Waals surface area contributed by atoms with E-state index in [1.807, 2.05) is 36.5 Å². The summed E-state index contributed by atoms with van der Waals surface area (Å²) in [7, 11) is 0. The van der Waals surface area contributed by atoms with Crippen molar-refractivity contribution in [3.8, 4) is 73.1 Å². The van der Waals surface area contributed by atoms with Gasteiger partial charge in [-0.1, -0.05) is 164 Å². The van der Waals surface area contributed by atoms with E-state index in [1.165, 1.54) is 32.9 Å². The Morgan fingerprint density at radius 1 is 0.339 bits per heavy atom. The van der Waals surface area contributed by atoms with E-state index in [4.69, 9.17) is 19.4 Å². The molecule has 0 aliphatic heterocycles. The summed E-state index contributed by atoms with van der Waals surface area (Å²) in [6, 6.07) is 74.5. The Bertz CT molecular complexity index is 3590. The second-order valence-electron chi connectivity index (χ2n) is 15.6. The van der Waals surface area contributed by atoms with E-state index in [-0.39, 0.29) is 0 Å². The van der Waals surface area contributed by atoms with Crippen molar-refractivity contribution in [1.29, 1.82) is 0 Å². The molecule has 5 heteroatoms. The molecule has 290 valence electrons. The average Bonchev–Trinajstić information content (AvgIpc) is 3.90. The van der Waals surface area contributed by atoms with Gasteiger partial charge in [0.15, 0.2) is 5.82 Å². The second kappa shape index (κ2) is 14.7. The van der Waals surface area contributed by atoms with E-state index >= 15 is 0 Å². The SMILES string of the molecule is c1ccc(-c2ccc(-c3cccc(-c4cc(-c5ccccc5-c5cccc(-n6c7ccccc7c7ccccc76)c5)nc(-c5cc6oc7ccccc7c6cn5)n4)c3)cc2)cc1. The molecule has 12 aromatic rings. The number of hydrogen-bond acceptors (Lipinski definition) is 4. The molecule has 0 saturated carbocycles. The summed E-state index contributed by atoms with van der Waals surface area (Å²) in [4.78, 5) is 15.5. The van der Waals surface area contributed by atoms with E-state index in [1.54, 1.807) is 0 Å². The zero-order chi connectivity index (χ0) is 41.0. The van der Waals surface area contributed by atoms with E-state index in [2.05, 4.69) is 187 Å². The van der Waals surface area contributed by atoms with Crippen molar-refractivity contribution < 1.29 is 4.42 Å². The Labute approximate surface area is 357 Å². The van der Waals surface area contributed by atoms with Crippen LogP contribution in [0.3, 0.4) is 0 Å². The van der Waals surface area contributed by atoms with Crippen molar-refractivity contribution in [2.75, 3.05) is 0 Å². The number of hydrogen-bond donors (Lipinski definition) is 0. The molecule has 0 N–H and O–H groups in total. The Morgan fingerprint density at radius 3 is 1.71 bits per heavy atom. The van der Waals surface area contributed by atoms with Crippen LogP contribution in [0.5, 0.6) is 0 Å². The fourth-order valence-electron chi connectivity index (χ4n) is 8.91. The van der Waals surface area contributed by atoms with Crippen LogP contribution in [0.2, 0.25) is 0 Å². The highest BCUT2D eigenvalue weighted by molar-refractivity contribution is 6.09. The summed E-state index contributed by atoms with van der Waals surface area (Å²) < 4.78 is 8.68. The standard InChI is InChI=1S/C57H36N4O/c1-2-14-37(15-3-1)38-28-30-39(31-29-38)40-16-12-18-42(32-40)50-34-51(60-57(59-50)52-35-56-49(36-58-52)48-24-8-11-27-55(48)62-56)45-21-5-4-20-44(45)41-17-13-19-43(33-41)61-53-25-9-6-22-46(53)47-23-7-10-26-54(47)61/h1-36H. The average molecular weight is 793 g/mol. The summed E-state index contributed by atoms with van der Waals surface area (Å²) >= 11 is 0. The zero-order valence-corrected chi connectivity index (χ0v) is 33.5. The maximum Gasteiger partial charge on any atom is 0.179 e. The van der Waals surface area contributed by atoms with E-state index < -0.39 is 0 Å². The fraction of sp³-hybridized carbons (Fsp3) is 0. The van der Waals surface area contributed by atoms with Gasteiger partial charge >= 0.3 is 0 Å². The number of benzene rings is 8. The van der Waals surface area contributed by atoms with Gasteiger partial charge in [-0.25, -0.2) is 9.97 Å². The first-order chi connectivity index (χ1) is 30.7. The summed E-state index contributed by atoms with van der Waals surface area (Å²) in [6.45, 7) is 0.